The molecule has 3 N–H and O–H groups in total. The molecule has 0 radical (unpaired) electrons. The summed E-state index contributed by atoms with van der Waals surface area (Å²) in [6.45, 7) is 0. The maximum atomic E-state index is 13.5. The number of rotatable bonds is 3. The standard InChI is InChI=1S/C13H13ClF2N2O3/c14-9-4-7(15)5-10(16)11(9)18-13(21)17-8-2-1-6(3-8)12(19)20/h4-6,8H,1-3H2,(H,19,20)(H2,17,18,21)/t6-,8+/m1/s1. The smallest absolute Gasteiger partial charge is 0.319 e. The van der Waals surface area contributed by atoms with Crippen molar-refractivity contribution in [3.63, 3.8) is 0 Å². The average Bonchev–Trinajstić information content (AvgIpc) is 2.82. The molecular weight excluding hydrogens is 306 g/mol. The van der Waals surface area contributed by atoms with Crippen molar-refractivity contribution >= 4 is 29.3 Å². The third-order valence-corrected chi connectivity index (χ3v) is 3.66. The first kappa shape index (κ1) is 15.5. The maximum absolute atomic E-state index is 13.5. The first-order valence-corrected chi connectivity index (χ1v) is 6.69. The summed E-state index contributed by atoms with van der Waals surface area (Å²) >= 11 is 5.66. The Bertz CT molecular complexity index is 560. The lowest BCUT2D eigenvalue weighted by atomic mass is 10.1. The van der Waals surface area contributed by atoms with E-state index in [1.807, 2.05) is 0 Å². The minimum Gasteiger partial charge on any atom is -0.481 e. The van der Waals surface area contributed by atoms with E-state index in [1.54, 1.807) is 0 Å². The summed E-state index contributed by atoms with van der Waals surface area (Å²) in [6, 6.07) is 0.486. The van der Waals surface area contributed by atoms with Crippen molar-refractivity contribution in [2.75, 3.05) is 5.32 Å². The summed E-state index contributed by atoms with van der Waals surface area (Å²) in [5.41, 5.74) is -0.316. The van der Waals surface area contributed by atoms with E-state index >= 15 is 0 Å². The van der Waals surface area contributed by atoms with Gasteiger partial charge in [-0.1, -0.05) is 11.6 Å². The van der Waals surface area contributed by atoms with Gasteiger partial charge in [0.15, 0.2) is 5.82 Å². The Morgan fingerprint density at radius 3 is 2.57 bits per heavy atom. The van der Waals surface area contributed by atoms with Crippen LogP contribution in [0.4, 0.5) is 19.3 Å². The number of carboxylic acid groups (broad SMARTS) is 1. The molecule has 1 saturated carbocycles. The first-order valence-electron chi connectivity index (χ1n) is 6.31. The second kappa shape index (κ2) is 6.26. The Morgan fingerprint density at radius 1 is 1.29 bits per heavy atom. The monoisotopic (exact) mass is 318 g/mol. The van der Waals surface area contributed by atoms with Crippen LogP contribution in [0.5, 0.6) is 0 Å². The fourth-order valence-electron chi connectivity index (χ4n) is 2.33. The number of aliphatic carboxylic acids is 1. The molecule has 1 aromatic rings. The van der Waals surface area contributed by atoms with Gasteiger partial charge < -0.3 is 15.7 Å². The fraction of sp³-hybridized carbons (Fsp3) is 0.385. The lowest BCUT2D eigenvalue weighted by Gasteiger charge is -2.14. The van der Waals surface area contributed by atoms with E-state index < -0.39 is 29.6 Å². The highest BCUT2D eigenvalue weighted by Gasteiger charge is 2.30. The molecule has 1 aromatic carbocycles. The van der Waals surface area contributed by atoms with E-state index in [2.05, 4.69) is 10.6 Å². The van der Waals surface area contributed by atoms with E-state index in [1.165, 1.54) is 0 Å². The van der Waals surface area contributed by atoms with Gasteiger partial charge >= 0.3 is 12.0 Å². The fourth-order valence-corrected chi connectivity index (χ4v) is 2.58. The van der Waals surface area contributed by atoms with Crippen LogP contribution >= 0.6 is 11.6 Å². The number of carbonyl (C=O) groups excluding carboxylic acids is 1. The molecule has 5 nitrogen and oxygen atoms in total. The SMILES string of the molecule is O=C(Nc1c(F)cc(F)cc1Cl)N[C@H]1CC[C@@H](C(=O)O)C1. The Balaban J connectivity index is 1.96. The Labute approximate surface area is 124 Å². The predicted octanol–water partition coefficient (Wildman–Crippen LogP) is 2.99. The summed E-state index contributed by atoms with van der Waals surface area (Å²) in [5, 5.41) is 13.4. The van der Waals surface area contributed by atoms with Crippen molar-refractivity contribution in [2.45, 2.75) is 25.3 Å². The predicted molar refractivity (Wildman–Crippen MR) is 72.3 cm³/mol. The molecule has 2 rings (SSSR count). The lowest BCUT2D eigenvalue weighted by molar-refractivity contribution is -0.141. The van der Waals surface area contributed by atoms with Gasteiger partial charge in [0.05, 0.1) is 16.6 Å². The highest BCUT2D eigenvalue weighted by atomic mass is 35.5. The molecule has 8 heteroatoms. The second-order valence-electron chi connectivity index (χ2n) is 4.89. The molecule has 1 aliphatic rings. The molecule has 0 spiro atoms. The molecule has 0 aromatic heterocycles. The van der Waals surface area contributed by atoms with Crippen LogP contribution in [0, 0.1) is 17.6 Å². The van der Waals surface area contributed by atoms with Crippen molar-refractivity contribution < 1.29 is 23.5 Å². The molecule has 0 unspecified atom stereocenters. The molecule has 2 amide bonds. The zero-order valence-corrected chi connectivity index (χ0v) is 11.6. The molecule has 0 aliphatic heterocycles. The number of urea groups is 1. The van der Waals surface area contributed by atoms with Crippen molar-refractivity contribution in [2.24, 2.45) is 5.92 Å². The van der Waals surface area contributed by atoms with Crippen LogP contribution in [-0.4, -0.2) is 23.1 Å². The summed E-state index contributed by atoms with van der Waals surface area (Å²) in [6.07, 6.45) is 1.33. The molecule has 21 heavy (non-hydrogen) atoms. The molecule has 114 valence electrons. The number of carboxylic acids is 1. The highest BCUT2D eigenvalue weighted by Crippen LogP contribution is 2.28. The molecular formula is C13H13ClF2N2O3. The van der Waals surface area contributed by atoms with E-state index in [0.717, 1.165) is 6.07 Å². The van der Waals surface area contributed by atoms with Crippen molar-refractivity contribution in [3.8, 4) is 0 Å². The summed E-state index contributed by atoms with van der Waals surface area (Å²) in [4.78, 5) is 22.6. The van der Waals surface area contributed by atoms with Crippen LogP contribution in [0.15, 0.2) is 12.1 Å². The van der Waals surface area contributed by atoms with Gasteiger partial charge in [-0.3, -0.25) is 4.79 Å². The van der Waals surface area contributed by atoms with Crippen LogP contribution in [0.1, 0.15) is 19.3 Å². The van der Waals surface area contributed by atoms with Crippen LogP contribution in [0.25, 0.3) is 0 Å². The average molecular weight is 319 g/mol. The molecule has 0 saturated heterocycles. The summed E-state index contributed by atoms with van der Waals surface area (Å²) < 4.78 is 26.4. The van der Waals surface area contributed by atoms with Crippen molar-refractivity contribution in [3.05, 3.63) is 28.8 Å². The van der Waals surface area contributed by atoms with Crippen molar-refractivity contribution in [1.29, 1.82) is 0 Å². The van der Waals surface area contributed by atoms with Crippen molar-refractivity contribution in [1.82, 2.24) is 5.32 Å². The normalized spacial score (nSPS) is 21.1. The number of hydrogen-bond acceptors (Lipinski definition) is 2. The zero-order valence-electron chi connectivity index (χ0n) is 10.8. The first-order chi connectivity index (χ1) is 9.86. The van der Waals surface area contributed by atoms with Gasteiger partial charge in [0.1, 0.15) is 5.82 Å². The Morgan fingerprint density at radius 2 is 2.00 bits per heavy atom. The van der Waals surface area contributed by atoms with Gasteiger partial charge in [-0.15, -0.1) is 0 Å². The van der Waals surface area contributed by atoms with Gasteiger partial charge in [0, 0.05) is 12.1 Å². The third kappa shape index (κ3) is 3.81. The largest absolute Gasteiger partial charge is 0.481 e. The molecule has 0 bridgehead atoms. The minimum atomic E-state index is -0.981. The van der Waals surface area contributed by atoms with Gasteiger partial charge in [0.2, 0.25) is 0 Å². The van der Waals surface area contributed by atoms with Crippen LogP contribution in [0.2, 0.25) is 5.02 Å². The lowest BCUT2D eigenvalue weighted by Crippen LogP contribution is -2.37. The van der Waals surface area contributed by atoms with E-state index in [9.17, 15) is 18.4 Å². The maximum Gasteiger partial charge on any atom is 0.319 e. The number of hydrogen-bond donors (Lipinski definition) is 3. The summed E-state index contributed by atoms with van der Waals surface area (Å²) in [5.74, 6) is -3.21. The molecule has 1 fully saturated rings. The van der Waals surface area contributed by atoms with Crippen LogP contribution in [-0.2, 0) is 4.79 Å². The topological polar surface area (TPSA) is 78.4 Å². The number of anilines is 1. The minimum absolute atomic E-state index is 0.252. The van der Waals surface area contributed by atoms with E-state index in [-0.39, 0.29) is 16.8 Å². The third-order valence-electron chi connectivity index (χ3n) is 3.36. The number of benzene rings is 1. The van der Waals surface area contributed by atoms with E-state index in [0.29, 0.717) is 25.3 Å². The van der Waals surface area contributed by atoms with Crippen LogP contribution < -0.4 is 10.6 Å². The van der Waals surface area contributed by atoms with E-state index in [4.69, 9.17) is 16.7 Å². The quantitative estimate of drug-likeness (QED) is 0.801. The second-order valence-corrected chi connectivity index (χ2v) is 5.30. The number of carbonyl (C=O) groups is 2. The van der Waals surface area contributed by atoms with Gasteiger partial charge in [0.25, 0.3) is 0 Å². The number of nitrogens with one attached hydrogen (secondary N) is 2. The van der Waals surface area contributed by atoms with Gasteiger partial charge in [-0.2, -0.15) is 0 Å². The van der Waals surface area contributed by atoms with Gasteiger partial charge in [-0.05, 0) is 25.3 Å². The number of amides is 2. The van der Waals surface area contributed by atoms with Gasteiger partial charge in [-0.25, -0.2) is 13.6 Å². The highest BCUT2D eigenvalue weighted by molar-refractivity contribution is 6.33. The Hall–Kier alpha value is -1.89. The molecule has 2 atom stereocenters. The summed E-state index contributed by atoms with van der Waals surface area (Å²) in [7, 11) is 0. The molecule has 0 heterocycles. The Kier molecular flexibility index (Phi) is 4.62. The molecule has 1 aliphatic carbocycles. The van der Waals surface area contributed by atoms with Crippen LogP contribution in [0.3, 0.4) is 0 Å². The zero-order chi connectivity index (χ0) is 15.6. The number of halogens is 3.